The molecule has 2 aromatic rings. The third kappa shape index (κ3) is 2.75. The number of ketones is 1. The lowest BCUT2D eigenvalue weighted by Gasteiger charge is -2.07. The van der Waals surface area contributed by atoms with Crippen LogP contribution in [0.1, 0.15) is 41.3 Å². The van der Waals surface area contributed by atoms with Crippen molar-refractivity contribution in [2.24, 2.45) is 0 Å². The van der Waals surface area contributed by atoms with Gasteiger partial charge in [0, 0.05) is 12.7 Å². The molecule has 0 aliphatic carbocycles. The van der Waals surface area contributed by atoms with Crippen LogP contribution in [0.25, 0.3) is 0 Å². The molecule has 0 unspecified atom stereocenters. The summed E-state index contributed by atoms with van der Waals surface area (Å²) in [5, 5.41) is 4.91. The second kappa shape index (κ2) is 6.18. The number of rotatable bonds is 5. The highest BCUT2D eigenvalue weighted by atomic mass is 35.5. The Morgan fingerprint density at radius 3 is 2.80 bits per heavy atom. The van der Waals surface area contributed by atoms with Gasteiger partial charge in [-0.15, -0.1) is 0 Å². The maximum absolute atomic E-state index is 12.5. The van der Waals surface area contributed by atoms with E-state index < -0.39 is 0 Å². The normalized spacial score (nSPS) is 10.8. The zero-order chi connectivity index (χ0) is 14.7. The lowest BCUT2D eigenvalue weighted by Crippen LogP contribution is -2.13. The van der Waals surface area contributed by atoms with Crippen molar-refractivity contribution in [2.75, 3.05) is 0 Å². The van der Waals surface area contributed by atoms with Gasteiger partial charge in [-0.05, 0) is 31.9 Å². The Hall–Kier alpha value is -1.68. The summed E-state index contributed by atoms with van der Waals surface area (Å²) in [5.41, 5.74) is 3.03. The van der Waals surface area contributed by atoms with Gasteiger partial charge in [0.2, 0.25) is 0 Å². The number of hydrogen-bond donors (Lipinski definition) is 0. The van der Waals surface area contributed by atoms with Crippen LogP contribution in [-0.2, 0) is 19.4 Å². The lowest BCUT2D eigenvalue weighted by atomic mass is 10.0. The predicted octanol–water partition coefficient (Wildman–Crippen LogP) is 3.25. The SMILES string of the molecule is CCc1cccnc1C(=O)Cc1c(Cl)c(C)nn1CC. The van der Waals surface area contributed by atoms with Gasteiger partial charge in [-0.1, -0.05) is 24.6 Å². The van der Waals surface area contributed by atoms with Gasteiger partial charge in [-0.2, -0.15) is 5.10 Å². The van der Waals surface area contributed by atoms with E-state index in [2.05, 4.69) is 10.1 Å². The van der Waals surface area contributed by atoms with Gasteiger partial charge in [-0.3, -0.25) is 14.5 Å². The molecule has 0 N–H and O–H groups in total. The molecular weight excluding hydrogens is 274 g/mol. The molecule has 2 heterocycles. The van der Waals surface area contributed by atoms with Gasteiger partial charge in [-0.25, -0.2) is 0 Å². The number of carbonyl (C=O) groups excluding carboxylic acids is 1. The number of Topliss-reactive ketones (excluding diaryl/α,β-unsaturated/α-hetero) is 1. The van der Waals surface area contributed by atoms with Crippen molar-refractivity contribution >= 4 is 17.4 Å². The first-order valence-electron chi connectivity index (χ1n) is 6.77. The van der Waals surface area contributed by atoms with Gasteiger partial charge >= 0.3 is 0 Å². The second-order valence-corrected chi connectivity index (χ2v) is 5.00. The lowest BCUT2D eigenvalue weighted by molar-refractivity contribution is 0.0985. The Labute approximate surface area is 123 Å². The molecule has 0 atom stereocenters. The van der Waals surface area contributed by atoms with E-state index in [0.29, 0.717) is 17.3 Å². The predicted molar refractivity (Wildman–Crippen MR) is 79.3 cm³/mol. The maximum Gasteiger partial charge on any atom is 0.187 e. The molecule has 0 bridgehead atoms. The molecule has 0 radical (unpaired) electrons. The molecule has 0 amide bonds. The number of aryl methyl sites for hydroxylation is 3. The number of aromatic nitrogens is 3. The minimum Gasteiger partial charge on any atom is -0.292 e. The van der Waals surface area contributed by atoms with Crippen molar-refractivity contribution < 1.29 is 4.79 Å². The molecule has 0 saturated heterocycles. The van der Waals surface area contributed by atoms with Gasteiger partial charge in [0.25, 0.3) is 0 Å². The highest BCUT2D eigenvalue weighted by molar-refractivity contribution is 6.32. The van der Waals surface area contributed by atoms with Gasteiger partial charge in [0.05, 0.1) is 22.8 Å². The third-order valence-corrected chi connectivity index (χ3v) is 3.81. The van der Waals surface area contributed by atoms with E-state index in [1.165, 1.54) is 0 Å². The molecule has 20 heavy (non-hydrogen) atoms. The quantitative estimate of drug-likeness (QED) is 0.795. The van der Waals surface area contributed by atoms with Crippen LogP contribution in [-0.4, -0.2) is 20.5 Å². The fraction of sp³-hybridized carbons (Fsp3) is 0.400. The summed E-state index contributed by atoms with van der Waals surface area (Å²) in [6.45, 7) is 6.54. The van der Waals surface area contributed by atoms with Crippen LogP contribution in [0.5, 0.6) is 0 Å². The van der Waals surface area contributed by atoms with Crippen molar-refractivity contribution in [3.63, 3.8) is 0 Å². The molecular formula is C15H18ClN3O. The van der Waals surface area contributed by atoms with Crippen LogP contribution in [0.2, 0.25) is 5.02 Å². The molecule has 2 rings (SSSR count). The maximum atomic E-state index is 12.5. The van der Waals surface area contributed by atoms with E-state index in [4.69, 9.17) is 11.6 Å². The van der Waals surface area contributed by atoms with E-state index in [1.807, 2.05) is 32.9 Å². The first kappa shape index (κ1) is 14.7. The Bertz CT molecular complexity index is 634. The summed E-state index contributed by atoms with van der Waals surface area (Å²) >= 11 is 6.24. The van der Waals surface area contributed by atoms with Crippen molar-refractivity contribution in [3.05, 3.63) is 46.0 Å². The molecule has 0 fully saturated rings. The molecule has 106 valence electrons. The number of hydrogen-bond acceptors (Lipinski definition) is 3. The van der Waals surface area contributed by atoms with Gasteiger partial charge in [0.1, 0.15) is 5.69 Å². The molecule has 0 aliphatic heterocycles. The first-order chi connectivity index (χ1) is 9.58. The zero-order valence-corrected chi connectivity index (χ0v) is 12.7. The van der Waals surface area contributed by atoms with Gasteiger partial charge < -0.3 is 0 Å². The number of nitrogens with zero attached hydrogens (tertiary/aromatic N) is 3. The summed E-state index contributed by atoms with van der Waals surface area (Å²) in [4.78, 5) is 16.7. The molecule has 0 saturated carbocycles. The van der Waals surface area contributed by atoms with E-state index in [9.17, 15) is 4.79 Å². The van der Waals surface area contributed by atoms with E-state index in [-0.39, 0.29) is 12.2 Å². The largest absolute Gasteiger partial charge is 0.292 e. The summed E-state index contributed by atoms with van der Waals surface area (Å²) < 4.78 is 1.78. The van der Waals surface area contributed by atoms with Crippen molar-refractivity contribution in [1.29, 1.82) is 0 Å². The smallest absolute Gasteiger partial charge is 0.187 e. The van der Waals surface area contributed by atoms with E-state index >= 15 is 0 Å². The molecule has 0 aliphatic rings. The van der Waals surface area contributed by atoms with Gasteiger partial charge in [0.15, 0.2) is 5.78 Å². The highest BCUT2D eigenvalue weighted by Crippen LogP contribution is 2.22. The number of carbonyl (C=O) groups is 1. The molecule has 0 aromatic carbocycles. The Morgan fingerprint density at radius 1 is 1.40 bits per heavy atom. The van der Waals surface area contributed by atoms with Crippen molar-refractivity contribution in [2.45, 2.75) is 40.2 Å². The standard InChI is InChI=1S/C15H18ClN3O/c1-4-11-7-6-8-17-15(11)13(20)9-12-14(16)10(3)18-19(12)5-2/h6-8H,4-5,9H2,1-3H3. The fourth-order valence-electron chi connectivity index (χ4n) is 2.25. The first-order valence-corrected chi connectivity index (χ1v) is 7.15. The Kier molecular flexibility index (Phi) is 4.55. The average molecular weight is 292 g/mol. The monoisotopic (exact) mass is 291 g/mol. The zero-order valence-electron chi connectivity index (χ0n) is 12.0. The van der Waals surface area contributed by atoms with Crippen LogP contribution in [0.4, 0.5) is 0 Å². The van der Waals surface area contributed by atoms with Crippen LogP contribution in [0, 0.1) is 6.92 Å². The highest BCUT2D eigenvalue weighted by Gasteiger charge is 2.19. The minimum absolute atomic E-state index is 0.0149. The van der Waals surface area contributed by atoms with Crippen LogP contribution in [0.3, 0.4) is 0 Å². The van der Waals surface area contributed by atoms with E-state index in [0.717, 1.165) is 23.4 Å². The number of pyridine rings is 1. The van der Waals surface area contributed by atoms with Crippen molar-refractivity contribution in [1.82, 2.24) is 14.8 Å². The molecule has 2 aromatic heterocycles. The number of halogens is 1. The van der Waals surface area contributed by atoms with Crippen LogP contribution < -0.4 is 0 Å². The van der Waals surface area contributed by atoms with Crippen molar-refractivity contribution in [3.8, 4) is 0 Å². The summed E-state index contributed by atoms with van der Waals surface area (Å²) in [5.74, 6) is -0.0149. The Balaban J connectivity index is 2.33. The summed E-state index contributed by atoms with van der Waals surface area (Å²) in [6.07, 6.45) is 2.67. The fourth-order valence-corrected chi connectivity index (χ4v) is 2.45. The minimum atomic E-state index is -0.0149. The Morgan fingerprint density at radius 2 is 2.15 bits per heavy atom. The van der Waals surface area contributed by atoms with E-state index in [1.54, 1.807) is 10.9 Å². The average Bonchev–Trinajstić information content (AvgIpc) is 2.74. The topological polar surface area (TPSA) is 47.8 Å². The summed E-state index contributed by atoms with van der Waals surface area (Å²) in [6, 6.07) is 3.78. The van der Waals surface area contributed by atoms with Crippen LogP contribution >= 0.6 is 11.6 Å². The summed E-state index contributed by atoms with van der Waals surface area (Å²) in [7, 11) is 0. The molecule has 4 nitrogen and oxygen atoms in total. The second-order valence-electron chi connectivity index (χ2n) is 4.63. The van der Waals surface area contributed by atoms with Crippen LogP contribution in [0.15, 0.2) is 18.3 Å². The molecule has 0 spiro atoms. The third-order valence-electron chi connectivity index (χ3n) is 3.32. The molecule has 5 heteroatoms.